The summed E-state index contributed by atoms with van der Waals surface area (Å²) in [5.74, 6) is -0.554. The van der Waals surface area contributed by atoms with Crippen molar-refractivity contribution in [3.8, 4) is 5.75 Å². The van der Waals surface area contributed by atoms with Crippen molar-refractivity contribution in [1.29, 1.82) is 0 Å². The molecule has 0 bridgehead atoms. The van der Waals surface area contributed by atoms with E-state index < -0.39 is 23.7 Å². The van der Waals surface area contributed by atoms with Crippen molar-refractivity contribution in [3.05, 3.63) is 29.8 Å². The smallest absolute Gasteiger partial charge is 0.408 e. The van der Waals surface area contributed by atoms with E-state index in [0.29, 0.717) is 11.3 Å². The van der Waals surface area contributed by atoms with Crippen LogP contribution in [0.5, 0.6) is 5.75 Å². The molecule has 1 amide bonds. The lowest BCUT2D eigenvalue weighted by Crippen LogP contribution is -2.44. The van der Waals surface area contributed by atoms with Crippen LogP contribution in [0.1, 0.15) is 26.3 Å². The lowest BCUT2D eigenvalue weighted by Gasteiger charge is -2.22. The second-order valence-electron chi connectivity index (χ2n) is 5.55. The van der Waals surface area contributed by atoms with Gasteiger partial charge < -0.3 is 19.9 Å². The van der Waals surface area contributed by atoms with Crippen LogP contribution in [-0.4, -0.2) is 35.9 Å². The third-order valence-electron chi connectivity index (χ3n) is 2.61. The van der Waals surface area contributed by atoms with Crippen LogP contribution in [0.2, 0.25) is 0 Å². The molecule has 2 N–H and O–H groups in total. The van der Waals surface area contributed by atoms with Crippen LogP contribution in [0, 0.1) is 0 Å². The van der Waals surface area contributed by atoms with Gasteiger partial charge in [-0.3, -0.25) is 0 Å². The first-order valence-corrected chi connectivity index (χ1v) is 6.57. The molecule has 0 heterocycles. The van der Waals surface area contributed by atoms with Crippen LogP contribution >= 0.6 is 0 Å². The molecule has 6 heteroatoms. The fourth-order valence-corrected chi connectivity index (χ4v) is 1.74. The fourth-order valence-electron chi connectivity index (χ4n) is 1.74. The molecule has 0 saturated heterocycles. The average molecular weight is 295 g/mol. The van der Waals surface area contributed by atoms with Crippen molar-refractivity contribution in [3.63, 3.8) is 0 Å². The van der Waals surface area contributed by atoms with Crippen molar-refractivity contribution in [2.75, 3.05) is 7.11 Å². The number of ether oxygens (including phenoxy) is 2. The minimum atomic E-state index is -1.13. The van der Waals surface area contributed by atoms with E-state index in [1.165, 1.54) is 7.11 Å². The molecular formula is C15H21NO5. The minimum Gasteiger partial charge on any atom is -0.496 e. The van der Waals surface area contributed by atoms with Crippen LogP contribution in [0.3, 0.4) is 0 Å². The predicted molar refractivity (Wildman–Crippen MR) is 77.5 cm³/mol. The summed E-state index contributed by atoms with van der Waals surface area (Å²) in [6, 6.07) is 5.98. The third kappa shape index (κ3) is 5.72. The van der Waals surface area contributed by atoms with E-state index in [1.807, 2.05) is 0 Å². The Morgan fingerprint density at radius 3 is 2.43 bits per heavy atom. The third-order valence-corrected chi connectivity index (χ3v) is 2.61. The van der Waals surface area contributed by atoms with Gasteiger partial charge in [-0.25, -0.2) is 9.59 Å². The molecule has 21 heavy (non-hydrogen) atoms. The average Bonchev–Trinajstić information content (AvgIpc) is 2.36. The number of rotatable bonds is 5. The Hall–Kier alpha value is -2.24. The zero-order valence-corrected chi connectivity index (χ0v) is 12.7. The van der Waals surface area contributed by atoms with Crippen molar-refractivity contribution in [1.82, 2.24) is 5.32 Å². The second kappa shape index (κ2) is 6.97. The number of methoxy groups -OCH3 is 1. The van der Waals surface area contributed by atoms with Gasteiger partial charge in [0.1, 0.15) is 17.4 Å². The highest BCUT2D eigenvalue weighted by Gasteiger charge is 2.25. The van der Waals surface area contributed by atoms with Gasteiger partial charge in [0.15, 0.2) is 0 Å². The molecule has 0 aromatic heterocycles. The van der Waals surface area contributed by atoms with E-state index in [4.69, 9.17) is 9.47 Å². The number of carbonyl (C=O) groups is 2. The highest BCUT2D eigenvalue weighted by atomic mass is 16.6. The molecule has 0 aliphatic rings. The summed E-state index contributed by atoms with van der Waals surface area (Å²) < 4.78 is 10.2. The number of alkyl carbamates (subject to hydrolysis) is 1. The molecule has 6 nitrogen and oxygen atoms in total. The van der Waals surface area contributed by atoms with Gasteiger partial charge >= 0.3 is 12.1 Å². The molecule has 0 fully saturated rings. The minimum absolute atomic E-state index is 0.110. The van der Waals surface area contributed by atoms with Crippen LogP contribution < -0.4 is 10.1 Å². The molecular weight excluding hydrogens is 274 g/mol. The van der Waals surface area contributed by atoms with E-state index in [0.717, 1.165) is 0 Å². The van der Waals surface area contributed by atoms with Gasteiger partial charge in [0.2, 0.25) is 0 Å². The normalized spacial score (nSPS) is 12.4. The first kappa shape index (κ1) is 16.8. The number of hydrogen-bond acceptors (Lipinski definition) is 4. The molecule has 0 aliphatic carbocycles. The second-order valence-corrected chi connectivity index (χ2v) is 5.55. The Bertz CT molecular complexity index is 507. The lowest BCUT2D eigenvalue weighted by molar-refractivity contribution is -0.139. The molecule has 116 valence electrons. The molecule has 0 saturated carbocycles. The maximum atomic E-state index is 11.7. The zero-order valence-electron chi connectivity index (χ0n) is 12.7. The number of para-hydroxylation sites is 1. The van der Waals surface area contributed by atoms with Crippen molar-refractivity contribution >= 4 is 12.1 Å². The Labute approximate surface area is 124 Å². The van der Waals surface area contributed by atoms with E-state index >= 15 is 0 Å². The molecule has 1 rings (SSSR count). The molecule has 1 unspecified atom stereocenters. The largest absolute Gasteiger partial charge is 0.496 e. The van der Waals surface area contributed by atoms with Crippen molar-refractivity contribution in [2.45, 2.75) is 38.8 Å². The summed E-state index contributed by atoms with van der Waals surface area (Å²) in [6.45, 7) is 5.13. The van der Waals surface area contributed by atoms with Gasteiger partial charge in [-0.15, -0.1) is 0 Å². The number of nitrogens with one attached hydrogen (secondary N) is 1. The number of carboxylic acids is 1. The first-order valence-electron chi connectivity index (χ1n) is 6.57. The molecule has 0 radical (unpaired) electrons. The maximum absolute atomic E-state index is 11.7. The van der Waals surface area contributed by atoms with E-state index in [-0.39, 0.29) is 6.42 Å². The van der Waals surface area contributed by atoms with Crippen LogP contribution in [0.15, 0.2) is 24.3 Å². The van der Waals surface area contributed by atoms with Gasteiger partial charge in [0.25, 0.3) is 0 Å². The Balaban J connectivity index is 2.79. The summed E-state index contributed by atoms with van der Waals surface area (Å²) in [7, 11) is 1.51. The van der Waals surface area contributed by atoms with Gasteiger partial charge in [0, 0.05) is 6.42 Å². The monoisotopic (exact) mass is 295 g/mol. The maximum Gasteiger partial charge on any atom is 0.408 e. The van der Waals surface area contributed by atoms with E-state index in [1.54, 1.807) is 45.0 Å². The number of carbonyl (C=O) groups excluding carboxylic acids is 1. The lowest BCUT2D eigenvalue weighted by atomic mass is 10.1. The fraction of sp³-hybridized carbons (Fsp3) is 0.467. The number of hydrogen-bond donors (Lipinski definition) is 2. The van der Waals surface area contributed by atoms with Gasteiger partial charge in [-0.05, 0) is 32.4 Å². The Morgan fingerprint density at radius 1 is 1.29 bits per heavy atom. The summed E-state index contributed by atoms with van der Waals surface area (Å²) in [5.41, 5.74) is 0.0147. The summed E-state index contributed by atoms with van der Waals surface area (Å²) in [4.78, 5) is 23.0. The number of amides is 1. The summed E-state index contributed by atoms with van der Waals surface area (Å²) in [5, 5.41) is 11.6. The highest BCUT2D eigenvalue weighted by molar-refractivity contribution is 5.80. The molecule has 1 aromatic carbocycles. The van der Waals surface area contributed by atoms with Crippen molar-refractivity contribution < 1.29 is 24.2 Å². The molecule has 0 aliphatic heterocycles. The van der Waals surface area contributed by atoms with Crippen LogP contribution in [-0.2, 0) is 16.0 Å². The first-order chi connectivity index (χ1) is 9.73. The zero-order chi connectivity index (χ0) is 16.0. The van der Waals surface area contributed by atoms with Crippen molar-refractivity contribution in [2.24, 2.45) is 0 Å². The quantitative estimate of drug-likeness (QED) is 0.870. The Kier molecular flexibility index (Phi) is 5.58. The molecule has 1 atom stereocenters. The SMILES string of the molecule is COc1ccccc1CC(NC(=O)OC(C)(C)C)C(=O)O. The molecule has 0 spiro atoms. The highest BCUT2D eigenvalue weighted by Crippen LogP contribution is 2.19. The van der Waals surface area contributed by atoms with Gasteiger partial charge in [-0.1, -0.05) is 18.2 Å². The van der Waals surface area contributed by atoms with Gasteiger partial charge in [-0.2, -0.15) is 0 Å². The summed E-state index contributed by atoms with van der Waals surface area (Å²) >= 11 is 0. The van der Waals surface area contributed by atoms with E-state index in [9.17, 15) is 14.7 Å². The standard InChI is InChI=1S/C15H21NO5/c1-15(2,3)21-14(19)16-11(13(17)18)9-10-7-5-6-8-12(10)20-4/h5-8,11H,9H2,1-4H3,(H,16,19)(H,17,18). The van der Waals surface area contributed by atoms with Crippen LogP contribution in [0.4, 0.5) is 4.79 Å². The van der Waals surface area contributed by atoms with Crippen LogP contribution in [0.25, 0.3) is 0 Å². The Morgan fingerprint density at radius 2 is 1.90 bits per heavy atom. The summed E-state index contributed by atoms with van der Waals surface area (Å²) in [6.07, 6.45) is -0.650. The topological polar surface area (TPSA) is 84.9 Å². The number of benzene rings is 1. The number of aliphatic carboxylic acids is 1. The van der Waals surface area contributed by atoms with E-state index in [2.05, 4.69) is 5.32 Å². The molecule has 1 aromatic rings. The number of carboxylic acid groups (broad SMARTS) is 1. The predicted octanol–water partition coefficient (Wildman–Crippen LogP) is 2.22. The van der Waals surface area contributed by atoms with Gasteiger partial charge in [0.05, 0.1) is 7.11 Å².